The van der Waals surface area contributed by atoms with Gasteiger partial charge in [0, 0.05) is 6.42 Å². The first-order chi connectivity index (χ1) is 6.15. The van der Waals surface area contributed by atoms with E-state index < -0.39 is 0 Å². The molecule has 13 heavy (non-hydrogen) atoms. The molecular formula is C12H18O. The molecule has 72 valence electrons. The zero-order valence-corrected chi connectivity index (χ0v) is 8.76. The van der Waals surface area contributed by atoms with E-state index in [9.17, 15) is 0 Å². The summed E-state index contributed by atoms with van der Waals surface area (Å²) in [7, 11) is 0. The van der Waals surface area contributed by atoms with Gasteiger partial charge in [0.15, 0.2) is 0 Å². The largest absolute Gasteiger partial charge is 0.468 e. The quantitative estimate of drug-likeness (QED) is 0.643. The molecule has 0 amide bonds. The fourth-order valence-corrected chi connectivity index (χ4v) is 1.51. The Bertz CT molecular complexity index is 281. The van der Waals surface area contributed by atoms with Gasteiger partial charge in [0.2, 0.25) is 0 Å². The third kappa shape index (κ3) is 2.48. The first kappa shape index (κ1) is 10.1. The van der Waals surface area contributed by atoms with E-state index in [4.69, 9.17) is 4.42 Å². The summed E-state index contributed by atoms with van der Waals surface area (Å²) in [5, 5.41) is 0. The maximum Gasteiger partial charge on any atom is 0.110 e. The van der Waals surface area contributed by atoms with E-state index in [0.29, 0.717) is 5.92 Å². The van der Waals surface area contributed by atoms with Crippen LogP contribution in [-0.4, -0.2) is 0 Å². The fourth-order valence-electron chi connectivity index (χ4n) is 1.51. The molecule has 1 heteroatoms. The molecule has 1 aromatic heterocycles. The van der Waals surface area contributed by atoms with Gasteiger partial charge in [0.1, 0.15) is 5.76 Å². The van der Waals surface area contributed by atoms with Gasteiger partial charge in [-0.15, -0.1) is 6.58 Å². The van der Waals surface area contributed by atoms with Crippen molar-refractivity contribution in [1.29, 1.82) is 0 Å². The molecule has 0 bridgehead atoms. The highest BCUT2D eigenvalue weighted by atomic mass is 16.3. The number of hydrogen-bond donors (Lipinski definition) is 0. The maximum atomic E-state index is 5.47. The molecule has 1 nitrogen and oxygen atoms in total. The Kier molecular flexibility index (Phi) is 3.35. The lowest BCUT2D eigenvalue weighted by molar-refractivity contribution is 0.512. The number of rotatable bonds is 4. The van der Waals surface area contributed by atoms with Gasteiger partial charge in [-0.05, 0) is 30.4 Å². The smallest absolute Gasteiger partial charge is 0.110 e. The summed E-state index contributed by atoms with van der Waals surface area (Å²) in [6, 6.07) is 0. The van der Waals surface area contributed by atoms with Crippen molar-refractivity contribution in [3.8, 4) is 0 Å². The van der Waals surface area contributed by atoms with Gasteiger partial charge < -0.3 is 4.42 Å². The highest BCUT2D eigenvalue weighted by molar-refractivity contribution is 5.28. The van der Waals surface area contributed by atoms with Gasteiger partial charge in [0.05, 0.1) is 6.26 Å². The summed E-state index contributed by atoms with van der Waals surface area (Å²) in [6.07, 6.45) is 5.68. The maximum absolute atomic E-state index is 5.47. The highest BCUT2D eigenvalue weighted by Crippen LogP contribution is 2.20. The minimum Gasteiger partial charge on any atom is -0.468 e. The van der Waals surface area contributed by atoms with Crippen molar-refractivity contribution in [3.05, 3.63) is 35.8 Å². The Labute approximate surface area is 80.5 Å². The van der Waals surface area contributed by atoms with Crippen molar-refractivity contribution in [2.45, 2.75) is 33.6 Å². The van der Waals surface area contributed by atoms with Gasteiger partial charge in [-0.1, -0.05) is 19.9 Å². The SMILES string of the molecule is C=CCc1occ(C)c1CC(C)C. The molecule has 0 N–H and O–H groups in total. The van der Waals surface area contributed by atoms with Crippen LogP contribution in [0, 0.1) is 12.8 Å². The van der Waals surface area contributed by atoms with E-state index in [1.54, 1.807) is 0 Å². The van der Waals surface area contributed by atoms with E-state index >= 15 is 0 Å². The molecule has 1 heterocycles. The Balaban J connectivity index is 2.87. The standard InChI is InChI=1S/C12H18O/c1-5-6-12-11(7-9(2)3)10(4)8-13-12/h5,8-9H,1,6-7H2,2-4H3. The molecule has 0 unspecified atom stereocenters. The van der Waals surface area contributed by atoms with Crippen LogP contribution in [0.4, 0.5) is 0 Å². The molecule has 0 aliphatic heterocycles. The predicted octanol–water partition coefficient (Wildman–Crippen LogP) is 3.52. The molecule has 0 aromatic carbocycles. The van der Waals surface area contributed by atoms with Crippen LogP contribution in [0.2, 0.25) is 0 Å². The van der Waals surface area contributed by atoms with Gasteiger partial charge in [-0.3, -0.25) is 0 Å². The second kappa shape index (κ2) is 4.31. The molecule has 0 fully saturated rings. The first-order valence-electron chi connectivity index (χ1n) is 4.82. The van der Waals surface area contributed by atoms with E-state index in [1.165, 1.54) is 11.1 Å². The molecule has 0 saturated carbocycles. The lowest BCUT2D eigenvalue weighted by atomic mass is 9.99. The van der Waals surface area contributed by atoms with Crippen LogP contribution in [0.5, 0.6) is 0 Å². The second-order valence-electron chi connectivity index (χ2n) is 3.91. The number of hydrogen-bond acceptors (Lipinski definition) is 1. The normalized spacial score (nSPS) is 10.8. The predicted molar refractivity (Wildman–Crippen MR) is 55.9 cm³/mol. The van der Waals surface area contributed by atoms with E-state index in [2.05, 4.69) is 27.4 Å². The molecule has 1 aromatic rings. The van der Waals surface area contributed by atoms with Crippen LogP contribution in [-0.2, 0) is 12.8 Å². The van der Waals surface area contributed by atoms with Crippen molar-refractivity contribution in [2.24, 2.45) is 5.92 Å². The van der Waals surface area contributed by atoms with Gasteiger partial charge in [-0.25, -0.2) is 0 Å². The third-order valence-corrected chi connectivity index (χ3v) is 2.13. The Morgan fingerprint density at radius 3 is 2.77 bits per heavy atom. The lowest BCUT2D eigenvalue weighted by Crippen LogP contribution is -1.97. The second-order valence-corrected chi connectivity index (χ2v) is 3.91. The van der Waals surface area contributed by atoms with Gasteiger partial charge in [0.25, 0.3) is 0 Å². The van der Waals surface area contributed by atoms with Crippen LogP contribution in [0.25, 0.3) is 0 Å². The number of aryl methyl sites for hydroxylation is 1. The summed E-state index contributed by atoms with van der Waals surface area (Å²) in [4.78, 5) is 0. The average Bonchev–Trinajstić information content (AvgIpc) is 2.36. The summed E-state index contributed by atoms with van der Waals surface area (Å²) < 4.78 is 5.47. The highest BCUT2D eigenvalue weighted by Gasteiger charge is 2.10. The molecule has 0 aliphatic rings. The topological polar surface area (TPSA) is 13.1 Å². The molecule has 0 atom stereocenters. The van der Waals surface area contributed by atoms with Crippen LogP contribution >= 0.6 is 0 Å². The van der Waals surface area contributed by atoms with Crippen LogP contribution in [0.3, 0.4) is 0 Å². The van der Waals surface area contributed by atoms with Crippen molar-refractivity contribution in [3.63, 3.8) is 0 Å². The average molecular weight is 178 g/mol. The van der Waals surface area contributed by atoms with Crippen LogP contribution in [0.15, 0.2) is 23.3 Å². The van der Waals surface area contributed by atoms with Crippen molar-refractivity contribution in [2.75, 3.05) is 0 Å². The molecule has 0 saturated heterocycles. The summed E-state index contributed by atoms with van der Waals surface area (Å²) in [5.41, 5.74) is 2.64. The fraction of sp³-hybridized carbons (Fsp3) is 0.500. The Morgan fingerprint density at radius 1 is 1.54 bits per heavy atom. The zero-order chi connectivity index (χ0) is 9.84. The third-order valence-electron chi connectivity index (χ3n) is 2.13. The zero-order valence-electron chi connectivity index (χ0n) is 8.76. The Morgan fingerprint density at radius 2 is 2.23 bits per heavy atom. The Hall–Kier alpha value is -0.980. The van der Waals surface area contributed by atoms with Crippen LogP contribution in [0.1, 0.15) is 30.7 Å². The molecule has 0 aliphatic carbocycles. The lowest BCUT2D eigenvalue weighted by Gasteiger charge is -2.05. The van der Waals surface area contributed by atoms with Gasteiger partial charge >= 0.3 is 0 Å². The number of allylic oxidation sites excluding steroid dienone is 1. The molecule has 0 radical (unpaired) electrons. The molecule has 0 spiro atoms. The molecular weight excluding hydrogens is 160 g/mol. The van der Waals surface area contributed by atoms with Gasteiger partial charge in [-0.2, -0.15) is 0 Å². The first-order valence-corrected chi connectivity index (χ1v) is 4.82. The number of furan rings is 1. The van der Waals surface area contributed by atoms with Crippen molar-refractivity contribution in [1.82, 2.24) is 0 Å². The summed E-state index contributed by atoms with van der Waals surface area (Å²) in [6.45, 7) is 10.3. The van der Waals surface area contributed by atoms with Crippen molar-refractivity contribution >= 4 is 0 Å². The van der Waals surface area contributed by atoms with E-state index in [1.807, 2.05) is 12.3 Å². The van der Waals surface area contributed by atoms with Crippen molar-refractivity contribution < 1.29 is 4.42 Å². The summed E-state index contributed by atoms with van der Waals surface area (Å²) in [5.74, 6) is 1.76. The van der Waals surface area contributed by atoms with E-state index in [0.717, 1.165) is 18.6 Å². The minimum atomic E-state index is 0.680. The monoisotopic (exact) mass is 178 g/mol. The summed E-state index contributed by atoms with van der Waals surface area (Å²) >= 11 is 0. The van der Waals surface area contributed by atoms with E-state index in [-0.39, 0.29) is 0 Å². The minimum absolute atomic E-state index is 0.680. The molecule has 1 rings (SSSR count). The van der Waals surface area contributed by atoms with Crippen LogP contribution < -0.4 is 0 Å².